The number of amides is 1. The van der Waals surface area contributed by atoms with Gasteiger partial charge in [0, 0.05) is 24.9 Å². The van der Waals surface area contributed by atoms with Crippen molar-refractivity contribution in [3.8, 4) is 0 Å². The van der Waals surface area contributed by atoms with Gasteiger partial charge in [0.2, 0.25) is 0 Å². The second-order valence-electron chi connectivity index (χ2n) is 5.26. The lowest BCUT2D eigenvalue weighted by atomic mass is 9.82. The van der Waals surface area contributed by atoms with Crippen LogP contribution in [0.5, 0.6) is 0 Å². The Kier molecular flexibility index (Phi) is 3.44. The fraction of sp³-hybridized carbons (Fsp3) is 0.429. The maximum absolute atomic E-state index is 12.3. The number of hydrogen-bond donors (Lipinski definition) is 0. The normalized spacial score (nSPS) is 18.8. The molecule has 1 amide bonds. The molecule has 0 unspecified atom stereocenters. The van der Waals surface area contributed by atoms with E-state index in [0.717, 1.165) is 0 Å². The summed E-state index contributed by atoms with van der Waals surface area (Å²) in [5.41, 5.74) is 0.0409. The maximum Gasteiger partial charge on any atom is 0.255 e. The molecule has 0 aromatic heterocycles. The van der Waals surface area contributed by atoms with Crippen LogP contribution in [0.25, 0.3) is 0 Å². The van der Waals surface area contributed by atoms with E-state index in [2.05, 4.69) is 0 Å². The van der Waals surface area contributed by atoms with Crippen LogP contribution in [0.2, 0.25) is 5.02 Å². The first-order valence-electron chi connectivity index (χ1n) is 5.99. The topological polar surface area (TPSA) is 37.4 Å². The fourth-order valence-electron chi connectivity index (χ4n) is 2.20. The molecule has 3 nitrogen and oxygen atoms in total. The fourth-order valence-corrected chi connectivity index (χ4v) is 2.41. The third-order valence-corrected chi connectivity index (χ3v) is 3.67. The molecular weight excluding hydrogens is 250 g/mol. The number of halogens is 1. The highest BCUT2D eigenvalue weighted by Gasteiger charge is 2.36. The Morgan fingerprint density at radius 2 is 2.00 bits per heavy atom. The van der Waals surface area contributed by atoms with Gasteiger partial charge in [0.15, 0.2) is 0 Å². The van der Waals surface area contributed by atoms with Gasteiger partial charge in [-0.25, -0.2) is 0 Å². The van der Waals surface area contributed by atoms with Gasteiger partial charge in [-0.2, -0.15) is 0 Å². The zero-order chi connectivity index (χ0) is 13.3. The number of piperidine rings is 1. The van der Waals surface area contributed by atoms with Gasteiger partial charge in [-0.05, 0) is 12.1 Å². The highest BCUT2D eigenvalue weighted by Crippen LogP contribution is 2.27. The standard InChI is InChI=1S/C14H16ClNO2/c1-14(2)9-16(8-7-12(14)17)13(18)10-5-3-4-6-11(10)15/h3-6H,7-9H2,1-2H3. The van der Waals surface area contributed by atoms with Crippen LogP contribution < -0.4 is 0 Å². The van der Waals surface area contributed by atoms with E-state index in [1.165, 1.54) is 0 Å². The van der Waals surface area contributed by atoms with Crippen LogP contribution in [0.1, 0.15) is 30.6 Å². The van der Waals surface area contributed by atoms with E-state index in [1.54, 1.807) is 29.2 Å². The molecule has 0 radical (unpaired) electrons. The predicted octanol–water partition coefficient (Wildman–Crippen LogP) is 2.78. The Labute approximate surface area is 112 Å². The third kappa shape index (κ3) is 2.41. The molecule has 1 heterocycles. The molecule has 2 rings (SSSR count). The largest absolute Gasteiger partial charge is 0.337 e. The lowest BCUT2D eigenvalue weighted by Crippen LogP contribution is -2.48. The molecule has 4 heteroatoms. The van der Waals surface area contributed by atoms with Crippen molar-refractivity contribution in [2.45, 2.75) is 20.3 Å². The minimum Gasteiger partial charge on any atom is -0.337 e. The summed E-state index contributed by atoms with van der Waals surface area (Å²) in [4.78, 5) is 25.8. The van der Waals surface area contributed by atoms with Crippen LogP contribution in [-0.2, 0) is 4.79 Å². The van der Waals surface area contributed by atoms with Crippen LogP contribution in [0.15, 0.2) is 24.3 Å². The molecule has 0 saturated carbocycles. The summed E-state index contributed by atoms with van der Waals surface area (Å²) in [5, 5.41) is 0.456. The van der Waals surface area contributed by atoms with Crippen LogP contribution >= 0.6 is 11.6 Å². The van der Waals surface area contributed by atoms with Crippen LogP contribution in [-0.4, -0.2) is 29.7 Å². The Morgan fingerprint density at radius 3 is 2.61 bits per heavy atom. The van der Waals surface area contributed by atoms with Crippen molar-refractivity contribution in [2.75, 3.05) is 13.1 Å². The number of rotatable bonds is 1. The van der Waals surface area contributed by atoms with Crippen molar-refractivity contribution in [3.63, 3.8) is 0 Å². The van der Waals surface area contributed by atoms with Crippen molar-refractivity contribution in [1.82, 2.24) is 4.90 Å². The number of ketones is 1. The first-order valence-corrected chi connectivity index (χ1v) is 6.37. The predicted molar refractivity (Wildman–Crippen MR) is 70.8 cm³/mol. The monoisotopic (exact) mass is 265 g/mol. The summed E-state index contributed by atoms with van der Waals surface area (Å²) in [5.74, 6) is 0.117. The molecule has 1 aromatic rings. The van der Waals surface area contributed by atoms with Gasteiger partial charge in [0.1, 0.15) is 5.78 Å². The zero-order valence-electron chi connectivity index (χ0n) is 10.6. The van der Waals surface area contributed by atoms with Gasteiger partial charge in [-0.3, -0.25) is 9.59 Å². The Bertz CT molecular complexity index is 496. The summed E-state index contributed by atoms with van der Waals surface area (Å²) in [6.07, 6.45) is 0.420. The van der Waals surface area contributed by atoms with Crippen LogP contribution in [0.3, 0.4) is 0 Å². The highest BCUT2D eigenvalue weighted by molar-refractivity contribution is 6.33. The first kappa shape index (κ1) is 13.1. The third-order valence-electron chi connectivity index (χ3n) is 3.34. The molecule has 1 aromatic carbocycles. The Balaban J connectivity index is 2.21. The van der Waals surface area contributed by atoms with Crippen molar-refractivity contribution in [3.05, 3.63) is 34.9 Å². The minimum atomic E-state index is -0.463. The minimum absolute atomic E-state index is 0.0961. The summed E-state index contributed by atoms with van der Waals surface area (Å²) >= 11 is 6.02. The van der Waals surface area contributed by atoms with E-state index in [0.29, 0.717) is 30.1 Å². The van der Waals surface area contributed by atoms with Crippen molar-refractivity contribution in [1.29, 1.82) is 0 Å². The molecule has 0 aliphatic carbocycles. The number of carbonyl (C=O) groups excluding carboxylic acids is 2. The average Bonchev–Trinajstić information content (AvgIpc) is 2.32. The van der Waals surface area contributed by atoms with Gasteiger partial charge in [-0.15, -0.1) is 0 Å². The molecule has 96 valence electrons. The molecule has 1 saturated heterocycles. The molecule has 18 heavy (non-hydrogen) atoms. The molecule has 0 spiro atoms. The second kappa shape index (κ2) is 4.73. The molecule has 1 aliphatic heterocycles. The van der Waals surface area contributed by atoms with Crippen molar-refractivity contribution < 1.29 is 9.59 Å². The lowest BCUT2D eigenvalue weighted by Gasteiger charge is -2.36. The summed E-state index contributed by atoms with van der Waals surface area (Å²) in [7, 11) is 0. The van der Waals surface area contributed by atoms with Gasteiger partial charge < -0.3 is 4.90 Å². The first-order chi connectivity index (χ1) is 8.42. The van der Waals surface area contributed by atoms with E-state index in [1.807, 2.05) is 13.8 Å². The van der Waals surface area contributed by atoms with E-state index < -0.39 is 5.41 Å². The van der Waals surface area contributed by atoms with Gasteiger partial charge in [-0.1, -0.05) is 37.6 Å². The summed E-state index contributed by atoms with van der Waals surface area (Å²) in [6.45, 7) is 4.69. The molecule has 0 bridgehead atoms. The second-order valence-corrected chi connectivity index (χ2v) is 5.67. The zero-order valence-corrected chi connectivity index (χ0v) is 11.3. The number of carbonyl (C=O) groups is 2. The van der Waals surface area contributed by atoms with Gasteiger partial charge in [0.25, 0.3) is 5.91 Å². The van der Waals surface area contributed by atoms with Crippen molar-refractivity contribution >= 4 is 23.3 Å². The summed E-state index contributed by atoms with van der Waals surface area (Å²) < 4.78 is 0. The Hall–Kier alpha value is -1.35. The number of benzene rings is 1. The van der Waals surface area contributed by atoms with Crippen LogP contribution in [0.4, 0.5) is 0 Å². The maximum atomic E-state index is 12.3. The average molecular weight is 266 g/mol. The molecule has 1 fully saturated rings. The number of hydrogen-bond acceptors (Lipinski definition) is 2. The highest BCUT2D eigenvalue weighted by atomic mass is 35.5. The van der Waals surface area contributed by atoms with E-state index in [-0.39, 0.29) is 11.7 Å². The quantitative estimate of drug-likeness (QED) is 0.783. The van der Waals surface area contributed by atoms with Gasteiger partial charge >= 0.3 is 0 Å². The molecule has 0 N–H and O–H groups in total. The smallest absolute Gasteiger partial charge is 0.255 e. The van der Waals surface area contributed by atoms with Gasteiger partial charge in [0.05, 0.1) is 10.6 Å². The van der Waals surface area contributed by atoms with Crippen molar-refractivity contribution in [2.24, 2.45) is 5.41 Å². The number of nitrogens with zero attached hydrogens (tertiary/aromatic N) is 1. The molecule has 1 aliphatic rings. The van der Waals surface area contributed by atoms with Crippen LogP contribution in [0, 0.1) is 5.41 Å². The SMILES string of the molecule is CC1(C)CN(C(=O)c2ccccc2Cl)CCC1=O. The molecule has 0 atom stereocenters. The molecular formula is C14H16ClNO2. The van der Waals surface area contributed by atoms with E-state index >= 15 is 0 Å². The summed E-state index contributed by atoms with van der Waals surface area (Å²) in [6, 6.07) is 7.01. The number of likely N-dealkylation sites (tertiary alicyclic amines) is 1. The lowest BCUT2D eigenvalue weighted by molar-refractivity contribution is -0.130. The van der Waals surface area contributed by atoms with E-state index in [4.69, 9.17) is 11.6 Å². The van der Waals surface area contributed by atoms with E-state index in [9.17, 15) is 9.59 Å². The Morgan fingerprint density at radius 1 is 1.33 bits per heavy atom. The number of Topliss-reactive ketones (excluding diaryl/α,β-unsaturated/α-hetero) is 1.